The number of hydrogen-bond donors (Lipinski definition) is 3. The molecule has 2 amide bonds. The van der Waals surface area contributed by atoms with Crippen LogP contribution in [0.2, 0.25) is 0 Å². The Morgan fingerprint density at radius 2 is 1.60 bits per heavy atom. The normalized spacial score (nSPS) is 11.0. The lowest BCUT2D eigenvalue weighted by Crippen LogP contribution is -2.55. The third kappa shape index (κ3) is 2.32. The SMILES string of the molecule is NC(=O)C(O)(Cc1ccccc1)C(N)=O. The molecule has 0 heterocycles. The summed E-state index contributed by atoms with van der Waals surface area (Å²) in [5, 5.41) is 9.67. The maximum atomic E-state index is 10.9. The van der Waals surface area contributed by atoms with Gasteiger partial charge in [-0.25, -0.2) is 0 Å². The number of carbonyl (C=O) groups excluding carboxylic acids is 2. The van der Waals surface area contributed by atoms with E-state index in [0.717, 1.165) is 0 Å². The highest BCUT2D eigenvalue weighted by Crippen LogP contribution is 2.12. The summed E-state index contributed by atoms with van der Waals surface area (Å²) in [7, 11) is 0. The number of carbonyl (C=O) groups is 2. The number of amides is 2. The minimum absolute atomic E-state index is 0.210. The molecule has 0 aliphatic heterocycles. The molecule has 0 aliphatic rings. The van der Waals surface area contributed by atoms with Crippen LogP contribution in [0.1, 0.15) is 5.56 Å². The molecule has 0 atom stereocenters. The number of hydrogen-bond acceptors (Lipinski definition) is 3. The van der Waals surface area contributed by atoms with Crippen LogP contribution in [-0.4, -0.2) is 22.5 Å². The van der Waals surface area contributed by atoms with E-state index in [4.69, 9.17) is 11.5 Å². The third-order valence-electron chi connectivity index (χ3n) is 2.12. The summed E-state index contributed by atoms with van der Waals surface area (Å²) in [6, 6.07) is 8.54. The molecule has 80 valence electrons. The Morgan fingerprint density at radius 3 is 2.00 bits per heavy atom. The maximum Gasteiger partial charge on any atom is 0.259 e. The minimum Gasteiger partial charge on any atom is -0.371 e. The van der Waals surface area contributed by atoms with Crippen molar-refractivity contribution in [1.82, 2.24) is 0 Å². The predicted molar refractivity (Wildman–Crippen MR) is 53.5 cm³/mol. The van der Waals surface area contributed by atoms with Gasteiger partial charge in [0.1, 0.15) is 0 Å². The Bertz CT molecular complexity index is 362. The molecule has 5 heteroatoms. The van der Waals surface area contributed by atoms with Crippen molar-refractivity contribution in [1.29, 1.82) is 0 Å². The zero-order chi connectivity index (χ0) is 11.5. The van der Waals surface area contributed by atoms with Gasteiger partial charge >= 0.3 is 0 Å². The first-order valence-corrected chi connectivity index (χ1v) is 4.33. The molecule has 0 saturated heterocycles. The zero-order valence-electron chi connectivity index (χ0n) is 8.01. The quantitative estimate of drug-likeness (QED) is 0.548. The van der Waals surface area contributed by atoms with E-state index in [1.165, 1.54) is 0 Å². The molecule has 0 radical (unpaired) electrons. The van der Waals surface area contributed by atoms with Gasteiger partial charge in [0, 0.05) is 6.42 Å². The second-order valence-electron chi connectivity index (χ2n) is 3.25. The van der Waals surface area contributed by atoms with E-state index >= 15 is 0 Å². The Kier molecular flexibility index (Phi) is 3.06. The summed E-state index contributed by atoms with van der Waals surface area (Å²) in [6.07, 6.45) is -0.210. The number of benzene rings is 1. The summed E-state index contributed by atoms with van der Waals surface area (Å²) in [5.74, 6) is -2.28. The standard InChI is InChI=1S/C10H12N2O3/c11-8(13)10(15,9(12)14)6-7-4-2-1-3-5-7/h1-5,15H,6H2,(H2,11,13)(H2,12,14). The lowest BCUT2D eigenvalue weighted by Gasteiger charge is -2.20. The molecule has 0 unspecified atom stereocenters. The molecule has 1 aromatic rings. The van der Waals surface area contributed by atoms with E-state index < -0.39 is 17.4 Å². The molecule has 5 N–H and O–H groups in total. The van der Waals surface area contributed by atoms with Crippen LogP contribution in [0.5, 0.6) is 0 Å². The Hall–Kier alpha value is -1.88. The number of nitrogens with two attached hydrogens (primary N) is 2. The molecule has 1 aromatic carbocycles. The van der Waals surface area contributed by atoms with Gasteiger partial charge < -0.3 is 16.6 Å². The third-order valence-corrected chi connectivity index (χ3v) is 2.12. The van der Waals surface area contributed by atoms with Crippen molar-refractivity contribution in [3.8, 4) is 0 Å². The number of rotatable bonds is 4. The molecule has 0 spiro atoms. The summed E-state index contributed by atoms with van der Waals surface area (Å²) >= 11 is 0. The van der Waals surface area contributed by atoms with Crippen LogP contribution in [-0.2, 0) is 16.0 Å². The van der Waals surface area contributed by atoms with Crippen LogP contribution in [0, 0.1) is 0 Å². The van der Waals surface area contributed by atoms with Crippen molar-refractivity contribution >= 4 is 11.8 Å². The molecule has 0 bridgehead atoms. The Balaban J connectivity index is 2.95. The minimum atomic E-state index is -2.32. The van der Waals surface area contributed by atoms with Crippen LogP contribution in [0.15, 0.2) is 30.3 Å². The fourth-order valence-electron chi connectivity index (χ4n) is 1.19. The van der Waals surface area contributed by atoms with Gasteiger partial charge in [0.15, 0.2) is 0 Å². The molecular weight excluding hydrogens is 196 g/mol. The first-order chi connectivity index (χ1) is 6.97. The van der Waals surface area contributed by atoms with E-state index in [1.807, 2.05) is 0 Å². The highest BCUT2D eigenvalue weighted by Gasteiger charge is 2.40. The zero-order valence-corrected chi connectivity index (χ0v) is 8.01. The topological polar surface area (TPSA) is 106 Å². The molecule has 0 saturated carbocycles. The maximum absolute atomic E-state index is 10.9. The molecule has 0 aromatic heterocycles. The lowest BCUT2D eigenvalue weighted by molar-refractivity contribution is -0.149. The van der Waals surface area contributed by atoms with Crippen LogP contribution in [0.25, 0.3) is 0 Å². The van der Waals surface area contributed by atoms with E-state index in [2.05, 4.69) is 0 Å². The lowest BCUT2D eigenvalue weighted by atomic mass is 9.93. The van der Waals surface area contributed by atoms with Gasteiger partial charge in [0.2, 0.25) is 5.60 Å². The summed E-state index contributed by atoms with van der Waals surface area (Å²) in [4.78, 5) is 21.9. The van der Waals surface area contributed by atoms with Gasteiger partial charge in [-0.1, -0.05) is 30.3 Å². The second-order valence-corrected chi connectivity index (χ2v) is 3.25. The molecule has 0 fully saturated rings. The average Bonchev–Trinajstić information content (AvgIpc) is 2.18. The van der Waals surface area contributed by atoms with Crippen LogP contribution in [0.3, 0.4) is 0 Å². The van der Waals surface area contributed by atoms with Crippen LogP contribution in [0.4, 0.5) is 0 Å². The fourth-order valence-corrected chi connectivity index (χ4v) is 1.19. The first-order valence-electron chi connectivity index (χ1n) is 4.33. The van der Waals surface area contributed by atoms with Crippen molar-refractivity contribution < 1.29 is 14.7 Å². The van der Waals surface area contributed by atoms with Gasteiger partial charge in [0.05, 0.1) is 0 Å². The molecule has 15 heavy (non-hydrogen) atoms. The van der Waals surface area contributed by atoms with Crippen LogP contribution < -0.4 is 11.5 Å². The highest BCUT2D eigenvalue weighted by molar-refractivity contribution is 6.07. The molecule has 1 rings (SSSR count). The summed E-state index contributed by atoms with van der Waals surface area (Å²) in [6.45, 7) is 0. The van der Waals surface area contributed by atoms with Gasteiger partial charge in [-0.2, -0.15) is 0 Å². The van der Waals surface area contributed by atoms with Crippen molar-refractivity contribution in [2.75, 3.05) is 0 Å². The van der Waals surface area contributed by atoms with Gasteiger partial charge in [-0.05, 0) is 5.56 Å². The van der Waals surface area contributed by atoms with Crippen molar-refractivity contribution in [2.45, 2.75) is 12.0 Å². The van der Waals surface area contributed by atoms with Crippen molar-refractivity contribution in [3.05, 3.63) is 35.9 Å². The summed E-state index contributed by atoms with van der Waals surface area (Å²) < 4.78 is 0. The predicted octanol–water partition coefficient (Wildman–Crippen LogP) is -1.07. The highest BCUT2D eigenvalue weighted by atomic mass is 16.3. The molecule has 5 nitrogen and oxygen atoms in total. The van der Waals surface area contributed by atoms with Gasteiger partial charge in [-0.3, -0.25) is 9.59 Å². The van der Waals surface area contributed by atoms with E-state index in [0.29, 0.717) is 5.56 Å². The van der Waals surface area contributed by atoms with E-state index in [9.17, 15) is 14.7 Å². The fraction of sp³-hybridized carbons (Fsp3) is 0.200. The monoisotopic (exact) mass is 208 g/mol. The Morgan fingerprint density at radius 1 is 1.13 bits per heavy atom. The van der Waals surface area contributed by atoms with Crippen molar-refractivity contribution in [3.63, 3.8) is 0 Å². The second kappa shape index (κ2) is 4.10. The van der Waals surface area contributed by atoms with E-state index in [-0.39, 0.29) is 6.42 Å². The average molecular weight is 208 g/mol. The van der Waals surface area contributed by atoms with Crippen molar-refractivity contribution in [2.24, 2.45) is 11.5 Å². The van der Waals surface area contributed by atoms with E-state index in [1.54, 1.807) is 30.3 Å². The number of aliphatic hydroxyl groups is 1. The number of primary amides is 2. The smallest absolute Gasteiger partial charge is 0.259 e. The van der Waals surface area contributed by atoms with Crippen LogP contribution >= 0.6 is 0 Å². The molecule has 0 aliphatic carbocycles. The first kappa shape index (κ1) is 11.2. The van der Waals surface area contributed by atoms with Gasteiger partial charge in [-0.15, -0.1) is 0 Å². The summed E-state index contributed by atoms with van der Waals surface area (Å²) in [5.41, 5.74) is 8.15. The van der Waals surface area contributed by atoms with Gasteiger partial charge in [0.25, 0.3) is 11.8 Å². The largest absolute Gasteiger partial charge is 0.371 e. The molecular formula is C10H12N2O3. The Labute approximate surface area is 86.7 Å².